The van der Waals surface area contributed by atoms with Gasteiger partial charge in [0.25, 0.3) is 0 Å². The highest BCUT2D eigenvalue weighted by Crippen LogP contribution is 2.33. The highest BCUT2D eigenvalue weighted by Gasteiger charge is 2.15. The topological polar surface area (TPSA) is 46.5 Å². The standard InChI is InChI=1S/C18H16N4S2/c1-3-22-17(20-21-18(22)23)13-10-15(16-9-8-11(2)24-16)19-14-7-5-4-6-12(13)14/h4-10H,3H2,1-2H3,(H,21,23). The number of fused-ring (bicyclic) bond motifs is 1. The first-order valence-corrected chi connectivity index (χ1v) is 9.02. The van der Waals surface area contributed by atoms with Crippen molar-refractivity contribution in [2.75, 3.05) is 0 Å². The summed E-state index contributed by atoms with van der Waals surface area (Å²) in [5.41, 5.74) is 2.99. The summed E-state index contributed by atoms with van der Waals surface area (Å²) in [5, 5.41) is 8.46. The molecule has 4 aromatic rings. The summed E-state index contributed by atoms with van der Waals surface area (Å²) in [6.45, 7) is 4.95. The van der Waals surface area contributed by atoms with E-state index in [9.17, 15) is 0 Å². The minimum Gasteiger partial charge on any atom is -0.300 e. The number of thiophene rings is 1. The largest absolute Gasteiger partial charge is 0.300 e. The first kappa shape index (κ1) is 15.2. The molecule has 0 aliphatic heterocycles. The number of pyridine rings is 1. The van der Waals surface area contributed by atoms with Crippen molar-refractivity contribution >= 4 is 34.5 Å². The van der Waals surface area contributed by atoms with Gasteiger partial charge in [0.1, 0.15) is 0 Å². The van der Waals surface area contributed by atoms with Gasteiger partial charge in [-0.1, -0.05) is 18.2 Å². The Labute approximate surface area is 148 Å². The van der Waals surface area contributed by atoms with Gasteiger partial charge in [0, 0.05) is 22.4 Å². The normalized spacial score (nSPS) is 11.2. The van der Waals surface area contributed by atoms with E-state index in [0.29, 0.717) is 4.77 Å². The average Bonchev–Trinajstić information content (AvgIpc) is 3.19. The highest BCUT2D eigenvalue weighted by atomic mass is 32.1. The number of nitrogens with one attached hydrogen (secondary N) is 1. The highest BCUT2D eigenvalue weighted by molar-refractivity contribution is 7.71. The Bertz CT molecular complexity index is 1090. The SMILES string of the molecule is CCn1c(-c2cc(-c3ccc(C)s3)nc3ccccc23)n[nH]c1=S. The smallest absolute Gasteiger partial charge is 0.195 e. The molecule has 1 aromatic carbocycles. The molecule has 0 radical (unpaired) electrons. The molecule has 4 nitrogen and oxygen atoms in total. The van der Waals surface area contributed by atoms with E-state index in [1.807, 2.05) is 22.8 Å². The van der Waals surface area contributed by atoms with E-state index in [4.69, 9.17) is 17.2 Å². The van der Waals surface area contributed by atoms with Gasteiger partial charge in [-0.15, -0.1) is 11.3 Å². The van der Waals surface area contributed by atoms with Crippen molar-refractivity contribution in [3.05, 3.63) is 52.1 Å². The van der Waals surface area contributed by atoms with Gasteiger partial charge >= 0.3 is 0 Å². The van der Waals surface area contributed by atoms with Crippen LogP contribution in [0.4, 0.5) is 0 Å². The molecular formula is C18H16N4S2. The zero-order valence-corrected chi connectivity index (χ0v) is 15.0. The maximum Gasteiger partial charge on any atom is 0.195 e. The number of benzene rings is 1. The van der Waals surface area contributed by atoms with Crippen LogP contribution < -0.4 is 0 Å². The van der Waals surface area contributed by atoms with Crippen LogP contribution in [0.2, 0.25) is 0 Å². The quantitative estimate of drug-likeness (QED) is 0.515. The summed E-state index contributed by atoms with van der Waals surface area (Å²) in [4.78, 5) is 7.28. The fourth-order valence-corrected chi connectivity index (χ4v) is 3.96. The molecule has 0 fully saturated rings. The minimum absolute atomic E-state index is 0.641. The summed E-state index contributed by atoms with van der Waals surface area (Å²) in [5.74, 6) is 0.857. The minimum atomic E-state index is 0.641. The Balaban J connectivity index is 2.04. The molecule has 24 heavy (non-hydrogen) atoms. The zero-order valence-electron chi connectivity index (χ0n) is 13.4. The summed E-state index contributed by atoms with van der Waals surface area (Å²) in [6, 6.07) is 14.5. The number of aromatic nitrogens is 4. The number of H-pyrrole nitrogens is 1. The van der Waals surface area contributed by atoms with Gasteiger partial charge in [0.05, 0.1) is 16.1 Å². The zero-order chi connectivity index (χ0) is 16.7. The molecule has 4 rings (SSSR count). The molecule has 6 heteroatoms. The van der Waals surface area contributed by atoms with Crippen LogP contribution in [0, 0.1) is 11.7 Å². The predicted molar refractivity (Wildman–Crippen MR) is 102 cm³/mol. The molecule has 0 atom stereocenters. The fraction of sp³-hybridized carbons (Fsp3) is 0.167. The van der Waals surface area contributed by atoms with Crippen molar-refractivity contribution in [3.8, 4) is 22.0 Å². The number of hydrogen-bond acceptors (Lipinski definition) is 4. The van der Waals surface area contributed by atoms with E-state index in [1.165, 1.54) is 4.88 Å². The third-order valence-electron chi connectivity index (χ3n) is 4.02. The molecule has 120 valence electrons. The molecule has 3 aromatic heterocycles. The number of para-hydroxylation sites is 1. The molecule has 0 spiro atoms. The van der Waals surface area contributed by atoms with Gasteiger partial charge in [-0.05, 0) is 50.3 Å². The lowest BCUT2D eigenvalue weighted by Gasteiger charge is -2.09. The lowest BCUT2D eigenvalue weighted by molar-refractivity contribution is 0.756. The lowest BCUT2D eigenvalue weighted by Crippen LogP contribution is -1.99. The van der Waals surface area contributed by atoms with Gasteiger partial charge in [-0.3, -0.25) is 5.10 Å². The Hall–Kier alpha value is -2.31. The van der Waals surface area contributed by atoms with Crippen molar-refractivity contribution in [1.29, 1.82) is 0 Å². The second-order valence-corrected chi connectivity index (χ2v) is 7.25. The molecule has 0 bridgehead atoms. The molecular weight excluding hydrogens is 336 g/mol. The molecule has 0 aliphatic rings. The Kier molecular flexibility index (Phi) is 3.78. The Morgan fingerprint density at radius 2 is 2.04 bits per heavy atom. The second kappa shape index (κ2) is 5.96. The third kappa shape index (κ3) is 2.48. The number of nitrogens with zero attached hydrogens (tertiary/aromatic N) is 3. The average molecular weight is 352 g/mol. The molecule has 3 heterocycles. The van der Waals surface area contributed by atoms with Crippen molar-refractivity contribution in [2.24, 2.45) is 0 Å². The van der Waals surface area contributed by atoms with E-state index in [1.54, 1.807) is 11.3 Å². The number of rotatable bonds is 3. The summed E-state index contributed by atoms with van der Waals surface area (Å²) >= 11 is 7.11. The maximum absolute atomic E-state index is 5.36. The van der Waals surface area contributed by atoms with E-state index in [-0.39, 0.29) is 0 Å². The van der Waals surface area contributed by atoms with Crippen LogP contribution in [0.3, 0.4) is 0 Å². The lowest BCUT2D eigenvalue weighted by atomic mass is 10.1. The van der Waals surface area contributed by atoms with Crippen molar-refractivity contribution < 1.29 is 0 Å². The van der Waals surface area contributed by atoms with Crippen molar-refractivity contribution in [3.63, 3.8) is 0 Å². The third-order valence-corrected chi connectivity index (χ3v) is 5.36. The van der Waals surface area contributed by atoms with Crippen molar-refractivity contribution in [1.82, 2.24) is 19.7 Å². The van der Waals surface area contributed by atoms with Crippen LogP contribution in [0.25, 0.3) is 32.9 Å². The first-order chi connectivity index (χ1) is 11.7. The predicted octanol–water partition coefficient (Wildman–Crippen LogP) is 5.21. The van der Waals surface area contributed by atoms with Crippen LogP contribution >= 0.6 is 23.6 Å². The molecule has 0 saturated carbocycles. The Morgan fingerprint density at radius 1 is 1.21 bits per heavy atom. The summed E-state index contributed by atoms with van der Waals surface area (Å²) in [7, 11) is 0. The van der Waals surface area contributed by atoms with Gasteiger partial charge in [0.2, 0.25) is 0 Å². The molecule has 0 aliphatic carbocycles. The van der Waals surface area contributed by atoms with Crippen LogP contribution in [-0.4, -0.2) is 19.7 Å². The van der Waals surface area contributed by atoms with E-state index in [0.717, 1.165) is 39.4 Å². The molecule has 0 amide bonds. The van der Waals surface area contributed by atoms with E-state index in [2.05, 4.69) is 48.3 Å². The van der Waals surface area contributed by atoms with Gasteiger partial charge in [-0.2, -0.15) is 5.10 Å². The van der Waals surface area contributed by atoms with Gasteiger partial charge in [0.15, 0.2) is 10.6 Å². The van der Waals surface area contributed by atoms with E-state index < -0.39 is 0 Å². The fourth-order valence-electron chi connectivity index (χ4n) is 2.88. The molecule has 1 N–H and O–H groups in total. The molecule has 0 saturated heterocycles. The number of aryl methyl sites for hydroxylation is 1. The summed E-state index contributed by atoms with van der Waals surface area (Å²) in [6.07, 6.45) is 0. The van der Waals surface area contributed by atoms with Crippen LogP contribution in [0.5, 0.6) is 0 Å². The first-order valence-electron chi connectivity index (χ1n) is 7.79. The second-order valence-electron chi connectivity index (χ2n) is 5.58. The van der Waals surface area contributed by atoms with Gasteiger partial charge < -0.3 is 4.57 Å². The molecule has 0 unspecified atom stereocenters. The van der Waals surface area contributed by atoms with Gasteiger partial charge in [-0.25, -0.2) is 4.98 Å². The number of aromatic amines is 1. The monoisotopic (exact) mass is 352 g/mol. The van der Waals surface area contributed by atoms with Crippen LogP contribution in [0.1, 0.15) is 11.8 Å². The summed E-state index contributed by atoms with van der Waals surface area (Å²) < 4.78 is 2.66. The maximum atomic E-state index is 5.36. The number of hydrogen-bond donors (Lipinski definition) is 1. The van der Waals surface area contributed by atoms with Crippen molar-refractivity contribution in [2.45, 2.75) is 20.4 Å². The van der Waals surface area contributed by atoms with Crippen LogP contribution in [-0.2, 0) is 6.54 Å². The van der Waals surface area contributed by atoms with E-state index >= 15 is 0 Å². The Morgan fingerprint density at radius 3 is 2.79 bits per heavy atom. The van der Waals surface area contributed by atoms with Crippen LogP contribution in [0.15, 0.2) is 42.5 Å².